The molecule has 0 radical (unpaired) electrons. The summed E-state index contributed by atoms with van der Waals surface area (Å²) in [6.45, 7) is 1.38. The van der Waals surface area contributed by atoms with Gasteiger partial charge in [-0.1, -0.05) is 24.4 Å². The topological polar surface area (TPSA) is 38.8 Å². The van der Waals surface area contributed by atoms with Gasteiger partial charge in [0.2, 0.25) is 0 Å². The van der Waals surface area contributed by atoms with Crippen molar-refractivity contribution in [1.82, 2.24) is 4.90 Å². The normalized spacial score (nSPS) is 25.3. The molecule has 1 heterocycles. The van der Waals surface area contributed by atoms with Crippen LogP contribution in [0.5, 0.6) is 5.75 Å². The highest BCUT2D eigenvalue weighted by molar-refractivity contribution is 6.30. The third-order valence-corrected chi connectivity index (χ3v) is 4.48. The predicted molar refractivity (Wildman–Crippen MR) is 80.7 cm³/mol. The summed E-state index contributed by atoms with van der Waals surface area (Å²) in [5.41, 5.74) is 0. The van der Waals surface area contributed by atoms with Gasteiger partial charge in [0.15, 0.2) is 6.61 Å². The van der Waals surface area contributed by atoms with E-state index in [9.17, 15) is 4.79 Å². The molecule has 4 nitrogen and oxygen atoms in total. The van der Waals surface area contributed by atoms with E-state index < -0.39 is 0 Å². The van der Waals surface area contributed by atoms with Gasteiger partial charge in [0.05, 0.1) is 18.8 Å². The van der Waals surface area contributed by atoms with Gasteiger partial charge in [0, 0.05) is 11.6 Å². The molecule has 0 spiro atoms. The molecule has 5 heteroatoms. The van der Waals surface area contributed by atoms with Crippen LogP contribution in [0.1, 0.15) is 25.7 Å². The minimum atomic E-state index is 0.0464. The van der Waals surface area contributed by atoms with Crippen molar-refractivity contribution in [2.45, 2.75) is 37.8 Å². The van der Waals surface area contributed by atoms with Gasteiger partial charge in [-0.15, -0.1) is 0 Å². The summed E-state index contributed by atoms with van der Waals surface area (Å²) in [6, 6.07) is 7.30. The molecule has 2 atom stereocenters. The van der Waals surface area contributed by atoms with E-state index >= 15 is 0 Å². The maximum Gasteiger partial charge on any atom is 0.260 e. The molecule has 1 saturated heterocycles. The molecule has 0 bridgehead atoms. The van der Waals surface area contributed by atoms with Crippen molar-refractivity contribution in [1.29, 1.82) is 0 Å². The monoisotopic (exact) mass is 309 g/mol. The third-order valence-electron chi connectivity index (χ3n) is 4.23. The van der Waals surface area contributed by atoms with Crippen molar-refractivity contribution in [3.05, 3.63) is 29.3 Å². The quantitative estimate of drug-likeness (QED) is 0.862. The number of carbonyl (C=O) groups is 1. The average molecular weight is 310 g/mol. The number of benzene rings is 1. The molecule has 0 aromatic heterocycles. The summed E-state index contributed by atoms with van der Waals surface area (Å²) in [5, 5.41) is 0.659. The second kappa shape index (κ2) is 6.67. The Balaban J connectivity index is 1.57. The molecule has 3 rings (SSSR count). The Kier molecular flexibility index (Phi) is 4.66. The van der Waals surface area contributed by atoms with Crippen molar-refractivity contribution >= 4 is 17.5 Å². The highest BCUT2D eigenvalue weighted by atomic mass is 35.5. The zero-order valence-electron chi connectivity index (χ0n) is 12.0. The van der Waals surface area contributed by atoms with E-state index in [1.807, 2.05) is 4.90 Å². The highest BCUT2D eigenvalue weighted by Gasteiger charge is 2.36. The van der Waals surface area contributed by atoms with Crippen LogP contribution in [0.2, 0.25) is 5.02 Å². The highest BCUT2D eigenvalue weighted by Crippen LogP contribution is 2.28. The van der Waals surface area contributed by atoms with E-state index in [0.29, 0.717) is 23.9 Å². The van der Waals surface area contributed by atoms with E-state index in [1.165, 1.54) is 12.8 Å². The Morgan fingerprint density at radius 1 is 1.29 bits per heavy atom. The number of amides is 1. The van der Waals surface area contributed by atoms with Gasteiger partial charge in [-0.25, -0.2) is 0 Å². The van der Waals surface area contributed by atoms with Crippen molar-refractivity contribution in [2.24, 2.45) is 0 Å². The molecular formula is C16H20ClNO3. The van der Waals surface area contributed by atoms with Crippen molar-refractivity contribution < 1.29 is 14.3 Å². The molecule has 0 N–H and O–H groups in total. The Morgan fingerprint density at radius 3 is 2.86 bits per heavy atom. The molecule has 1 aliphatic carbocycles. The Labute approximate surface area is 130 Å². The molecule has 21 heavy (non-hydrogen) atoms. The first-order chi connectivity index (χ1) is 10.2. The first-order valence-corrected chi connectivity index (χ1v) is 7.91. The second-order valence-electron chi connectivity index (χ2n) is 5.59. The van der Waals surface area contributed by atoms with E-state index in [2.05, 4.69) is 0 Å². The largest absolute Gasteiger partial charge is 0.484 e. The lowest BCUT2D eigenvalue weighted by atomic mass is 9.90. The average Bonchev–Trinajstić information content (AvgIpc) is 2.53. The minimum absolute atomic E-state index is 0.0464. The summed E-state index contributed by atoms with van der Waals surface area (Å²) in [6.07, 6.45) is 4.69. The second-order valence-corrected chi connectivity index (χ2v) is 6.03. The van der Waals surface area contributed by atoms with Crippen molar-refractivity contribution in [3.8, 4) is 5.75 Å². The van der Waals surface area contributed by atoms with Crippen molar-refractivity contribution in [2.75, 3.05) is 19.8 Å². The summed E-state index contributed by atoms with van der Waals surface area (Å²) in [5.74, 6) is 0.714. The molecule has 114 valence electrons. The third kappa shape index (κ3) is 3.50. The van der Waals surface area contributed by atoms with Crippen LogP contribution in [0.15, 0.2) is 24.3 Å². The summed E-state index contributed by atoms with van der Waals surface area (Å²) in [7, 11) is 0. The molecule has 1 aromatic rings. The van der Waals surface area contributed by atoms with Gasteiger partial charge < -0.3 is 14.4 Å². The fourth-order valence-corrected chi connectivity index (χ4v) is 3.29. The smallest absolute Gasteiger partial charge is 0.260 e. The van der Waals surface area contributed by atoms with Crippen LogP contribution in [-0.2, 0) is 9.53 Å². The number of halogens is 1. The molecule has 2 unspecified atom stereocenters. The Morgan fingerprint density at radius 2 is 2.05 bits per heavy atom. The lowest BCUT2D eigenvalue weighted by Gasteiger charge is -2.43. The van der Waals surface area contributed by atoms with Gasteiger partial charge in [-0.3, -0.25) is 4.79 Å². The summed E-state index contributed by atoms with van der Waals surface area (Å²) in [4.78, 5) is 14.4. The van der Waals surface area contributed by atoms with Crippen LogP contribution in [0, 0.1) is 0 Å². The van der Waals surface area contributed by atoms with Crippen LogP contribution in [0.3, 0.4) is 0 Å². The van der Waals surface area contributed by atoms with Gasteiger partial charge >= 0.3 is 0 Å². The van der Waals surface area contributed by atoms with Crippen LogP contribution < -0.4 is 4.74 Å². The number of fused-ring (bicyclic) bond motifs is 1. The molecule has 2 aliphatic rings. The molecule has 1 aliphatic heterocycles. The number of rotatable bonds is 3. The number of carbonyl (C=O) groups excluding carboxylic acids is 1. The Hall–Kier alpha value is -1.26. The van der Waals surface area contributed by atoms with Crippen molar-refractivity contribution in [3.63, 3.8) is 0 Å². The maximum absolute atomic E-state index is 12.4. The number of nitrogens with zero attached hydrogens (tertiary/aromatic N) is 1. The molecule has 1 saturated carbocycles. The Bertz CT molecular complexity index is 489. The molecule has 2 fully saturated rings. The predicted octanol–water partition coefficient (Wildman–Crippen LogP) is 2.89. The van der Waals surface area contributed by atoms with Gasteiger partial charge in [0.25, 0.3) is 5.91 Å². The standard InChI is InChI=1S/C16H20ClNO3/c17-12-5-7-13(8-6-12)21-11-16(19)18-9-10-20-15-4-2-1-3-14(15)18/h5-8,14-15H,1-4,9-11H2. The van der Waals surface area contributed by atoms with Crippen LogP contribution >= 0.6 is 11.6 Å². The van der Waals surface area contributed by atoms with E-state index in [1.54, 1.807) is 24.3 Å². The fraction of sp³-hybridized carbons (Fsp3) is 0.562. The maximum atomic E-state index is 12.4. The summed E-state index contributed by atoms with van der Waals surface area (Å²) < 4.78 is 11.4. The summed E-state index contributed by atoms with van der Waals surface area (Å²) >= 11 is 5.83. The first-order valence-electron chi connectivity index (χ1n) is 7.53. The first kappa shape index (κ1) is 14.7. The minimum Gasteiger partial charge on any atom is -0.484 e. The van der Waals surface area contributed by atoms with E-state index in [4.69, 9.17) is 21.1 Å². The number of morpholine rings is 1. The van der Waals surface area contributed by atoms with Crippen LogP contribution in [0.4, 0.5) is 0 Å². The van der Waals surface area contributed by atoms with E-state index in [0.717, 1.165) is 12.8 Å². The number of ether oxygens (including phenoxy) is 2. The molecule has 1 aromatic carbocycles. The molecule has 1 amide bonds. The fourth-order valence-electron chi connectivity index (χ4n) is 3.16. The van der Waals surface area contributed by atoms with Gasteiger partial charge in [-0.05, 0) is 37.1 Å². The lowest BCUT2D eigenvalue weighted by Crippen LogP contribution is -2.55. The zero-order valence-corrected chi connectivity index (χ0v) is 12.7. The van der Waals surface area contributed by atoms with Crippen LogP contribution in [-0.4, -0.2) is 42.7 Å². The van der Waals surface area contributed by atoms with E-state index in [-0.39, 0.29) is 24.7 Å². The number of hydrogen-bond donors (Lipinski definition) is 0. The zero-order chi connectivity index (χ0) is 14.7. The van der Waals surface area contributed by atoms with Gasteiger partial charge in [0.1, 0.15) is 5.75 Å². The van der Waals surface area contributed by atoms with Gasteiger partial charge in [-0.2, -0.15) is 0 Å². The SMILES string of the molecule is O=C(COc1ccc(Cl)cc1)N1CCOC2CCCCC21. The van der Waals surface area contributed by atoms with Crippen LogP contribution in [0.25, 0.3) is 0 Å². The number of hydrogen-bond acceptors (Lipinski definition) is 3. The molecular weight excluding hydrogens is 290 g/mol. The lowest BCUT2D eigenvalue weighted by molar-refractivity contribution is -0.151.